The minimum atomic E-state index is 0. The van der Waals surface area contributed by atoms with Gasteiger partial charge in [-0.05, 0) is 128 Å². The number of anilines is 4. The summed E-state index contributed by atoms with van der Waals surface area (Å²) in [6.45, 7) is 21.8. The SMILES string of the molecule is C.CC(C)(C)CC(Nc1ccccc1)c1ccc2cccnc2c1O.CC(C)CC(Nc1ccccc1)c1ccc2cccnc2c1O.CCC(CC)C(Nc1ccccc1)c1ccc2cccnc2c1O.CCCC(Nc1ccccn1)c1ccc2cccnc2c1O.CNC(c1ccc2cccnc2c1O)C(C)C. The van der Waals surface area contributed by atoms with Crippen molar-refractivity contribution in [2.24, 2.45) is 23.2 Å². The molecule has 5 atom stereocenters. The third kappa shape index (κ3) is 22.2. The van der Waals surface area contributed by atoms with E-state index in [1.807, 2.05) is 225 Å². The van der Waals surface area contributed by atoms with Crippen molar-refractivity contribution in [2.45, 2.75) is 145 Å². The van der Waals surface area contributed by atoms with Gasteiger partial charge in [-0.25, -0.2) is 4.98 Å². The number of rotatable bonds is 23. The molecule has 111 heavy (non-hydrogen) atoms. The van der Waals surface area contributed by atoms with E-state index in [0.29, 0.717) is 45.3 Å². The Hall–Kier alpha value is -11.9. The second-order valence-corrected chi connectivity index (χ2v) is 29.7. The zero-order valence-electron chi connectivity index (χ0n) is 65.2. The van der Waals surface area contributed by atoms with Gasteiger partial charge in [-0.15, -0.1) is 0 Å². The summed E-state index contributed by atoms with van der Waals surface area (Å²) in [5, 5.41) is 75.4. The topological polar surface area (TPSA) is 239 Å². The van der Waals surface area contributed by atoms with Gasteiger partial charge in [-0.1, -0.05) is 248 Å². The van der Waals surface area contributed by atoms with Gasteiger partial charge in [0, 0.05) is 115 Å². The Labute approximate surface area is 655 Å². The third-order valence-corrected chi connectivity index (χ3v) is 19.6. The Balaban J connectivity index is 0.000000160. The Bertz CT molecular complexity index is 5180. The first kappa shape index (κ1) is 83.2. The highest BCUT2D eigenvalue weighted by molar-refractivity contribution is 5.89. The Kier molecular flexibility index (Phi) is 30.4. The van der Waals surface area contributed by atoms with Gasteiger partial charge in [0.1, 0.15) is 62.1 Å². The molecule has 5 unspecified atom stereocenters. The van der Waals surface area contributed by atoms with Crippen LogP contribution in [-0.2, 0) is 0 Å². The normalized spacial score (nSPS) is 12.5. The molecule has 6 heterocycles. The summed E-state index contributed by atoms with van der Waals surface area (Å²) < 4.78 is 0. The summed E-state index contributed by atoms with van der Waals surface area (Å²) >= 11 is 0. The second kappa shape index (κ2) is 40.5. The number of nitrogens with one attached hydrogen (secondary N) is 5. The fraction of sp³-hybridized carbons (Fsp3) is 0.284. The molecule has 0 fully saturated rings. The van der Waals surface area contributed by atoms with Gasteiger partial charge in [0.25, 0.3) is 0 Å². The molecule has 0 aliphatic rings. The molecule has 0 bridgehead atoms. The Morgan fingerprint density at radius 3 is 1.02 bits per heavy atom. The van der Waals surface area contributed by atoms with Crippen molar-refractivity contribution in [1.82, 2.24) is 35.2 Å². The number of phenolic OH excluding ortho intramolecular Hbond substituents is 5. The van der Waals surface area contributed by atoms with Gasteiger partial charge >= 0.3 is 0 Å². The molecule has 0 aliphatic carbocycles. The predicted octanol–water partition coefficient (Wildman–Crippen LogP) is 24.0. The van der Waals surface area contributed by atoms with Crippen LogP contribution in [0.1, 0.15) is 173 Å². The van der Waals surface area contributed by atoms with E-state index in [-0.39, 0.29) is 71.8 Å². The molecule has 0 spiro atoms. The average Bonchev–Trinajstić information content (AvgIpc) is 0.804. The van der Waals surface area contributed by atoms with E-state index in [1.54, 1.807) is 37.2 Å². The number of fused-ring (bicyclic) bond motifs is 5. The fourth-order valence-corrected chi connectivity index (χ4v) is 14.1. The molecule has 0 radical (unpaired) electrons. The highest BCUT2D eigenvalue weighted by atomic mass is 16.3. The summed E-state index contributed by atoms with van der Waals surface area (Å²) in [7, 11) is 1.91. The first-order chi connectivity index (χ1) is 53.3. The summed E-state index contributed by atoms with van der Waals surface area (Å²) in [4.78, 5) is 25.9. The summed E-state index contributed by atoms with van der Waals surface area (Å²) in [6, 6.07) is 75.7. The first-order valence-electron chi connectivity index (χ1n) is 38.4. The largest absolute Gasteiger partial charge is 0.505 e. The summed E-state index contributed by atoms with van der Waals surface area (Å²) in [6.07, 6.45) is 16.1. The van der Waals surface area contributed by atoms with Gasteiger partial charge < -0.3 is 52.1 Å². The molecule has 14 rings (SSSR count). The van der Waals surface area contributed by atoms with E-state index < -0.39 is 0 Å². The molecule has 16 nitrogen and oxygen atoms in total. The minimum Gasteiger partial charge on any atom is -0.505 e. The maximum Gasteiger partial charge on any atom is 0.147 e. The zero-order valence-corrected chi connectivity index (χ0v) is 65.2. The number of phenols is 5. The lowest BCUT2D eigenvalue weighted by molar-refractivity contribution is 0.348. The van der Waals surface area contributed by atoms with E-state index in [4.69, 9.17) is 0 Å². The van der Waals surface area contributed by atoms with Crippen molar-refractivity contribution in [3.8, 4) is 28.7 Å². The minimum absolute atomic E-state index is 0. The van der Waals surface area contributed by atoms with Crippen molar-refractivity contribution < 1.29 is 25.5 Å². The van der Waals surface area contributed by atoms with E-state index in [0.717, 1.165) is 116 Å². The maximum atomic E-state index is 10.8. The number of pyridine rings is 6. The number of benzene rings is 8. The Morgan fingerprint density at radius 1 is 0.342 bits per heavy atom. The number of hydrogen-bond acceptors (Lipinski definition) is 16. The first-order valence-corrected chi connectivity index (χ1v) is 38.4. The number of para-hydroxylation sites is 3. The van der Waals surface area contributed by atoms with E-state index >= 15 is 0 Å². The van der Waals surface area contributed by atoms with Crippen LogP contribution in [0.4, 0.5) is 22.9 Å². The molecular weight excluding hydrogens is 1380 g/mol. The lowest BCUT2D eigenvalue weighted by Crippen LogP contribution is -2.21. The highest BCUT2D eigenvalue weighted by Crippen LogP contribution is 2.43. The predicted molar refractivity (Wildman–Crippen MR) is 462 cm³/mol. The van der Waals surface area contributed by atoms with Crippen molar-refractivity contribution >= 4 is 77.4 Å². The number of aromatic hydroxyl groups is 5. The molecule has 14 aromatic rings. The standard InChI is InChI=1S/2C21H24N2O.C20H22N2O.C18H19N3O.C14H18N2O.CH4/c1-21(2,3)14-18(23-16-9-5-4-6-10-16)17-12-11-15-8-7-13-22-19(15)20(17)24;1-3-15(4-2)19(23-17-10-6-5-7-11-17)18-13-12-16-9-8-14-22-20(16)21(18)24;1-14(2)13-18(22-16-8-4-3-5-9-16)17-11-10-15-7-6-12-21-19(15)20(17)23;1-2-6-15(21-16-8-3-4-11-19-16)14-10-9-13-7-5-12-20-17(13)18(14)22;1-9(2)12(15-3)11-7-6-10-5-4-8-16-13(10)14(11)17;/h4-13,18,23-24H,14H2,1-3H3;5-15,19,23-24H,3-4H2,1-2H3;3-12,14,18,22-23H,13H2,1-2H3;3-5,7-12,15,22H,2,6H2,1H3,(H,19,21);4-9,12,15,17H,1-3H3;1H4. The lowest BCUT2D eigenvalue weighted by atomic mass is 9.84. The van der Waals surface area contributed by atoms with E-state index in [9.17, 15) is 25.5 Å². The van der Waals surface area contributed by atoms with Crippen LogP contribution in [-0.4, -0.2) is 62.5 Å². The van der Waals surface area contributed by atoms with Crippen LogP contribution in [0.3, 0.4) is 0 Å². The fourth-order valence-electron chi connectivity index (χ4n) is 14.1. The molecule has 0 amide bonds. The lowest BCUT2D eigenvalue weighted by Gasteiger charge is -2.28. The molecule has 0 aliphatic heterocycles. The molecule has 576 valence electrons. The average molecular weight is 1490 g/mol. The quantitative estimate of drug-likeness (QED) is 0.0286. The smallest absolute Gasteiger partial charge is 0.147 e. The van der Waals surface area contributed by atoms with E-state index in [1.165, 1.54) is 0 Å². The summed E-state index contributed by atoms with van der Waals surface area (Å²) in [5.41, 5.74) is 11.1. The zero-order chi connectivity index (χ0) is 78.1. The number of aromatic nitrogens is 6. The maximum absolute atomic E-state index is 10.8. The van der Waals surface area contributed by atoms with Gasteiger partial charge in [0.05, 0.1) is 24.2 Å². The molecule has 0 saturated carbocycles. The third-order valence-electron chi connectivity index (χ3n) is 19.6. The monoisotopic (exact) mass is 1490 g/mol. The molecule has 6 aromatic heterocycles. The van der Waals surface area contributed by atoms with Crippen molar-refractivity contribution in [2.75, 3.05) is 28.3 Å². The summed E-state index contributed by atoms with van der Waals surface area (Å²) in [5.74, 6) is 3.52. The Morgan fingerprint density at radius 2 is 0.676 bits per heavy atom. The molecule has 10 N–H and O–H groups in total. The van der Waals surface area contributed by atoms with Gasteiger partial charge in [0.2, 0.25) is 0 Å². The highest BCUT2D eigenvalue weighted by Gasteiger charge is 2.27. The van der Waals surface area contributed by atoms with Crippen LogP contribution in [0.25, 0.3) is 54.5 Å². The van der Waals surface area contributed by atoms with Crippen molar-refractivity contribution in [1.29, 1.82) is 0 Å². The van der Waals surface area contributed by atoms with Crippen LogP contribution in [0.15, 0.2) is 268 Å². The van der Waals surface area contributed by atoms with Crippen LogP contribution in [0, 0.1) is 23.2 Å². The van der Waals surface area contributed by atoms with Crippen LogP contribution >= 0.6 is 0 Å². The second-order valence-electron chi connectivity index (χ2n) is 29.7. The van der Waals surface area contributed by atoms with Crippen LogP contribution < -0.4 is 26.6 Å². The molecule has 16 heteroatoms. The van der Waals surface area contributed by atoms with Gasteiger partial charge in [-0.2, -0.15) is 0 Å². The molecule has 0 saturated heterocycles. The van der Waals surface area contributed by atoms with Crippen molar-refractivity contribution in [3.05, 3.63) is 296 Å². The molecular formula is C95H111N11O5. The molecule has 8 aromatic carbocycles. The van der Waals surface area contributed by atoms with Crippen LogP contribution in [0.2, 0.25) is 0 Å². The number of hydrogen-bond donors (Lipinski definition) is 10. The van der Waals surface area contributed by atoms with E-state index in [2.05, 4.69) is 138 Å². The van der Waals surface area contributed by atoms with Gasteiger partial charge in [0.15, 0.2) is 0 Å². The van der Waals surface area contributed by atoms with Gasteiger partial charge in [-0.3, -0.25) is 24.9 Å². The van der Waals surface area contributed by atoms with Crippen LogP contribution in [0.5, 0.6) is 28.7 Å². The number of nitrogens with zero attached hydrogens (tertiary/aromatic N) is 6. The van der Waals surface area contributed by atoms with Crippen molar-refractivity contribution in [3.63, 3.8) is 0 Å².